The third-order valence-electron chi connectivity index (χ3n) is 5.46. The number of carbonyl (C=O) groups is 1. The number of hydrogen-bond donors (Lipinski definition) is 1. The van der Waals surface area contributed by atoms with Gasteiger partial charge >= 0.3 is 6.03 Å². The first-order valence-corrected chi connectivity index (χ1v) is 10.3. The van der Waals surface area contributed by atoms with Crippen molar-refractivity contribution in [3.8, 4) is 0 Å². The van der Waals surface area contributed by atoms with E-state index in [2.05, 4.69) is 40.0 Å². The van der Waals surface area contributed by atoms with Gasteiger partial charge in [-0.2, -0.15) is 0 Å². The van der Waals surface area contributed by atoms with Gasteiger partial charge in [0.15, 0.2) is 0 Å². The molecule has 0 aliphatic carbocycles. The van der Waals surface area contributed by atoms with Crippen molar-refractivity contribution in [2.75, 3.05) is 38.0 Å². The molecule has 2 heterocycles. The van der Waals surface area contributed by atoms with Crippen molar-refractivity contribution in [3.05, 3.63) is 28.7 Å². The van der Waals surface area contributed by atoms with E-state index in [0.29, 0.717) is 0 Å². The molecule has 1 N–H and O–H groups in total. The molecule has 0 spiro atoms. The molecule has 3 rings (SSSR count). The average Bonchev–Trinajstić information content (AvgIpc) is 2.56. The number of halogens is 1. The van der Waals surface area contributed by atoms with Gasteiger partial charge in [-0.1, -0.05) is 29.8 Å². The summed E-state index contributed by atoms with van der Waals surface area (Å²) in [6.45, 7) is 10.2. The number of likely N-dealkylation sites (tertiary alicyclic amines) is 2. The lowest BCUT2D eigenvalue weighted by Gasteiger charge is -2.39. The second kappa shape index (κ2) is 8.54. The van der Waals surface area contributed by atoms with Crippen LogP contribution in [0.15, 0.2) is 28.7 Å². The van der Waals surface area contributed by atoms with E-state index in [4.69, 9.17) is 0 Å². The lowest BCUT2D eigenvalue weighted by Crippen LogP contribution is -2.46. The Hall–Kier alpha value is -1.07. The second-order valence-electron chi connectivity index (χ2n) is 8.03. The largest absolute Gasteiger partial charge is 0.325 e. The van der Waals surface area contributed by atoms with E-state index >= 15 is 0 Å². The van der Waals surface area contributed by atoms with Crippen LogP contribution in [-0.4, -0.2) is 48.6 Å². The van der Waals surface area contributed by atoms with Gasteiger partial charge in [0.25, 0.3) is 0 Å². The van der Waals surface area contributed by atoms with Crippen LogP contribution >= 0.6 is 15.9 Å². The number of rotatable bonds is 3. The Morgan fingerprint density at radius 2 is 1.72 bits per heavy atom. The third-order valence-corrected chi connectivity index (χ3v) is 5.99. The number of urea groups is 1. The quantitative estimate of drug-likeness (QED) is 0.789. The van der Waals surface area contributed by atoms with E-state index < -0.39 is 0 Å². The van der Waals surface area contributed by atoms with E-state index in [1.165, 1.54) is 26.1 Å². The minimum atomic E-state index is 0.0287. The number of anilines is 1. The van der Waals surface area contributed by atoms with Gasteiger partial charge in [-0.15, -0.1) is 0 Å². The van der Waals surface area contributed by atoms with Crippen molar-refractivity contribution in [2.45, 2.75) is 33.1 Å². The minimum absolute atomic E-state index is 0.0287. The molecule has 2 fully saturated rings. The van der Waals surface area contributed by atoms with Crippen molar-refractivity contribution >= 4 is 27.6 Å². The highest BCUT2D eigenvalue weighted by Crippen LogP contribution is 2.25. The summed E-state index contributed by atoms with van der Waals surface area (Å²) in [5.41, 5.74) is 0.853. The molecule has 0 aromatic heterocycles. The summed E-state index contributed by atoms with van der Waals surface area (Å²) in [6, 6.07) is 7.77. The molecule has 25 heavy (non-hydrogen) atoms. The molecule has 0 saturated carbocycles. The lowest BCUT2D eigenvalue weighted by molar-refractivity contribution is 0.101. The Labute approximate surface area is 160 Å². The van der Waals surface area contributed by atoms with Gasteiger partial charge in [0.1, 0.15) is 0 Å². The summed E-state index contributed by atoms with van der Waals surface area (Å²) in [4.78, 5) is 17.0. The maximum Gasteiger partial charge on any atom is 0.321 e. The molecule has 1 aromatic carbocycles. The summed E-state index contributed by atoms with van der Waals surface area (Å²) in [5, 5.41) is 3.00. The summed E-state index contributed by atoms with van der Waals surface area (Å²) >= 11 is 3.42. The Bertz CT molecular complexity index is 559. The topological polar surface area (TPSA) is 35.6 Å². The number of benzene rings is 1. The molecule has 1 aromatic rings. The lowest BCUT2D eigenvalue weighted by atomic mass is 9.89. The van der Waals surface area contributed by atoms with Crippen molar-refractivity contribution in [1.29, 1.82) is 0 Å². The monoisotopic (exact) mass is 407 g/mol. The number of carbonyl (C=O) groups excluding carboxylic acids is 1. The predicted molar refractivity (Wildman–Crippen MR) is 107 cm³/mol. The van der Waals surface area contributed by atoms with E-state index in [1.807, 2.05) is 29.2 Å². The number of amides is 2. The molecule has 2 aliphatic rings. The molecule has 0 bridgehead atoms. The summed E-state index contributed by atoms with van der Waals surface area (Å²) in [5.74, 6) is 2.37. The number of nitrogens with zero attached hydrogens (tertiary/aromatic N) is 2. The van der Waals surface area contributed by atoms with Crippen LogP contribution in [0.2, 0.25) is 0 Å². The average molecular weight is 408 g/mol. The zero-order valence-electron chi connectivity index (χ0n) is 15.4. The number of hydrogen-bond acceptors (Lipinski definition) is 2. The van der Waals surface area contributed by atoms with Crippen LogP contribution in [0.1, 0.15) is 33.1 Å². The fourth-order valence-electron chi connectivity index (χ4n) is 4.36. The van der Waals surface area contributed by atoms with E-state index in [0.717, 1.165) is 53.8 Å². The van der Waals surface area contributed by atoms with Crippen molar-refractivity contribution in [2.24, 2.45) is 17.8 Å². The fourth-order valence-corrected chi connectivity index (χ4v) is 4.62. The van der Waals surface area contributed by atoms with E-state index in [-0.39, 0.29) is 6.03 Å². The molecular formula is C20H30BrN3O. The first-order valence-electron chi connectivity index (χ1n) is 9.53. The summed E-state index contributed by atoms with van der Waals surface area (Å²) < 4.78 is 1.02. The maximum absolute atomic E-state index is 12.4. The van der Waals surface area contributed by atoms with Crippen LogP contribution in [0.3, 0.4) is 0 Å². The summed E-state index contributed by atoms with van der Waals surface area (Å²) in [7, 11) is 0. The van der Waals surface area contributed by atoms with Crippen LogP contribution in [0.5, 0.6) is 0 Å². The Kier molecular flexibility index (Phi) is 6.39. The summed E-state index contributed by atoms with van der Waals surface area (Å²) in [6.07, 6.45) is 3.60. The zero-order valence-corrected chi connectivity index (χ0v) is 17.0. The van der Waals surface area contributed by atoms with Crippen LogP contribution < -0.4 is 5.32 Å². The molecule has 5 heteroatoms. The maximum atomic E-state index is 12.4. The fraction of sp³-hybridized carbons (Fsp3) is 0.650. The zero-order chi connectivity index (χ0) is 17.8. The van der Waals surface area contributed by atoms with Crippen LogP contribution in [0.25, 0.3) is 0 Å². The molecule has 0 unspecified atom stereocenters. The van der Waals surface area contributed by atoms with E-state index in [9.17, 15) is 4.79 Å². The minimum Gasteiger partial charge on any atom is -0.325 e. The highest BCUT2D eigenvalue weighted by molar-refractivity contribution is 9.10. The molecule has 2 atom stereocenters. The molecule has 4 nitrogen and oxygen atoms in total. The first kappa shape index (κ1) is 18.7. The van der Waals surface area contributed by atoms with Gasteiger partial charge < -0.3 is 15.1 Å². The van der Waals surface area contributed by atoms with Crippen molar-refractivity contribution in [3.63, 3.8) is 0 Å². The van der Waals surface area contributed by atoms with Crippen LogP contribution in [0, 0.1) is 17.8 Å². The molecule has 0 radical (unpaired) electrons. The van der Waals surface area contributed by atoms with E-state index in [1.54, 1.807) is 0 Å². The van der Waals surface area contributed by atoms with Crippen molar-refractivity contribution < 1.29 is 4.79 Å². The predicted octanol–water partition coefficient (Wildman–Crippen LogP) is 4.67. The van der Waals surface area contributed by atoms with Gasteiger partial charge in [0, 0.05) is 42.9 Å². The second-order valence-corrected chi connectivity index (χ2v) is 8.95. The highest BCUT2D eigenvalue weighted by Gasteiger charge is 2.27. The third kappa shape index (κ3) is 5.45. The molecule has 138 valence electrons. The van der Waals surface area contributed by atoms with Gasteiger partial charge in [-0.05, 0) is 61.3 Å². The van der Waals surface area contributed by atoms with Crippen molar-refractivity contribution in [1.82, 2.24) is 9.80 Å². The Morgan fingerprint density at radius 1 is 1.12 bits per heavy atom. The van der Waals surface area contributed by atoms with Gasteiger partial charge in [0.05, 0.1) is 0 Å². The standard InChI is InChI=1S/C20H30BrN3O/c1-15-11-16(2)13-23(12-15)14-17-7-9-24(10-8-17)20(25)22-19-5-3-18(21)4-6-19/h3-6,15-17H,7-14H2,1-2H3,(H,22,25)/t15-,16-/m1/s1. The van der Waals surface area contributed by atoms with Gasteiger partial charge in [-0.25, -0.2) is 4.79 Å². The first-order chi connectivity index (χ1) is 12.0. The highest BCUT2D eigenvalue weighted by atomic mass is 79.9. The Morgan fingerprint density at radius 3 is 2.32 bits per heavy atom. The molecule has 2 aliphatic heterocycles. The Balaban J connectivity index is 1.43. The van der Waals surface area contributed by atoms with Gasteiger partial charge in [-0.3, -0.25) is 0 Å². The SMILES string of the molecule is C[C@@H]1C[C@@H](C)CN(CC2CCN(C(=O)Nc3ccc(Br)cc3)CC2)C1. The molecule has 2 saturated heterocycles. The normalized spacial score (nSPS) is 25.8. The van der Waals surface area contributed by atoms with Gasteiger partial charge in [0.2, 0.25) is 0 Å². The number of nitrogens with one attached hydrogen (secondary N) is 1. The van der Waals surface area contributed by atoms with Crippen LogP contribution in [-0.2, 0) is 0 Å². The molecule has 2 amide bonds. The number of piperidine rings is 2. The van der Waals surface area contributed by atoms with Crippen LogP contribution in [0.4, 0.5) is 10.5 Å². The molecular weight excluding hydrogens is 378 g/mol. The smallest absolute Gasteiger partial charge is 0.321 e.